The Kier molecular flexibility index (Phi) is 8.08. The molecule has 0 aliphatic carbocycles. The number of halogens is 1. The van der Waals surface area contributed by atoms with Crippen LogP contribution in [0.5, 0.6) is 11.5 Å². The fourth-order valence-electron chi connectivity index (χ4n) is 2.54. The first-order valence-corrected chi connectivity index (χ1v) is 10.2. The normalized spacial score (nSPS) is 10.9. The van der Waals surface area contributed by atoms with Gasteiger partial charge in [-0.1, -0.05) is 55.8 Å². The first-order valence-electron chi connectivity index (χ1n) is 9.41. The van der Waals surface area contributed by atoms with E-state index in [0.717, 1.165) is 16.5 Å². The summed E-state index contributed by atoms with van der Waals surface area (Å²) in [5.74, 6) is 0.295. The van der Waals surface area contributed by atoms with Crippen LogP contribution in [0.15, 0.2) is 46.9 Å². The number of hydrogen-bond acceptors (Lipinski definition) is 4. The van der Waals surface area contributed by atoms with E-state index in [1.807, 2.05) is 42.5 Å². The van der Waals surface area contributed by atoms with Crippen molar-refractivity contribution in [1.29, 1.82) is 0 Å². The van der Waals surface area contributed by atoms with Crippen LogP contribution >= 0.6 is 15.9 Å². The number of hydrogen-bond donors (Lipinski definition) is 2. The van der Waals surface area contributed by atoms with Crippen LogP contribution in [0.3, 0.4) is 0 Å². The summed E-state index contributed by atoms with van der Waals surface area (Å²) in [6.45, 7) is 7.85. The fraction of sp³-hybridized carbons (Fsp3) is 0.364. The molecule has 6 nitrogen and oxygen atoms in total. The Morgan fingerprint density at radius 2 is 1.52 bits per heavy atom. The van der Waals surface area contributed by atoms with Crippen molar-refractivity contribution in [3.05, 3.63) is 58.1 Å². The molecule has 0 saturated heterocycles. The number of carbonyl (C=O) groups is 2. The van der Waals surface area contributed by atoms with Gasteiger partial charge < -0.3 is 9.47 Å². The lowest BCUT2D eigenvalue weighted by Gasteiger charge is -2.23. The van der Waals surface area contributed by atoms with Crippen LogP contribution < -0.4 is 20.3 Å². The molecule has 0 heterocycles. The maximum absolute atomic E-state index is 12.0. The molecule has 0 aliphatic rings. The lowest BCUT2D eigenvalue weighted by Crippen LogP contribution is -2.45. The van der Waals surface area contributed by atoms with E-state index < -0.39 is 11.8 Å². The summed E-state index contributed by atoms with van der Waals surface area (Å²) in [5, 5.41) is 0. The summed E-state index contributed by atoms with van der Waals surface area (Å²) in [6.07, 6.45) is 0.937. The van der Waals surface area contributed by atoms with E-state index in [4.69, 9.17) is 9.47 Å². The van der Waals surface area contributed by atoms with Crippen molar-refractivity contribution >= 4 is 27.7 Å². The van der Waals surface area contributed by atoms with Crippen molar-refractivity contribution in [2.24, 2.45) is 0 Å². The number of benzene rings is 2. The lowest BCUT2D eigenvalue weighted by molar-refractivity contribution is -0.131. The van der Waals surface area contributed by atoms with E-state index in [1.165, 1.54) is 5.56 Å². The molecule has 0 spiro atoms. The highest BCUT2D eigenvalue weighted by Crippen LogP contribution is 2.33. The molecule has 0 unspecified atom stereocenters. The Morgan fingerprint density at radius 1 is 0.931 bits per heavy atom. The van der Waals surface area contributed by atoms with Crippen molar-refractivity contribution in [3.8, 4) is 11.5 Å². The second kappa shape index (κ2) is 10.3. The molecule has 156 valence electrons. The van der Waals surface area contributed by atoms with Gasteiger partial charge in [0.2, 0.25) is 0 Å². The molecule has 7 heteroatoms. The van der Waals surface area contributed by atoms with Crippen LogP contribution in [0.1, 0.15) is 38.8 Å². The van der Waals surface area contributed by atoms with Gasteiger partial charge in [0.05, 0.1) is 0 Å². The summed E-state index contributed by atoms with van der Waals surface area (Å²) in [6, 6.07) is 13.1. The Balaban J connectivity index is 1.77. The van der Waals surface area contributed by atoms with Gasteiger partial charge in [-0.25, -0.2) is 0 Å². The average molecular weight is 463 g/mol. The van der Waals surface area contributed by atoms with Crippen LogP contribution in [-0.2, 0) is 21.4 Å². The summed E-state index contributed by atoms with van der Waals surface area (Å²) < 4.78 is 12.0. The molecule has 2 rings (SSSR count). The summed E-state index contributed by atoms with van der Waals surface area (Å²) >= 11 is 3.45. The number of aryl methyl sites for hydroxylation is 1. The molecule has 2 N–H and O–H groups in total. The Labute approximate surface area is 180 Å². The van der Waals surface area contributed by atoms with Crippen LogP contribution in [-0.4, -0.2) is 25.0 Å². The van der Waals surface area contributed by atoms with Gasteiger partial charge in [-0.15, -0.1) is 0 Å². The van der Waals surface area contributed by atoms with Gasteiger partial charge in [-0.2, -0.15) is 0 Å². The zero-order chi connectivity index (χ0) is 21.4. The quantitative estimate of drug-likeness (QED) is 0.611. The topological polar surface area (TPSA) is 76.7 Å². The first kappa shape index (κ1) is 22.7. The summed E-state index contributed by atoms with van der Waals surface area (Å²) in [5.41, 5.74) is 6.66. The molecule has 0 fully saturated rings. The van der Waals surface area contributed by atoms with Gasteiger partial charge in [-0.3, -0.25) is 20.4 Å². The third kappa shape index (κ3) is 7.42. The fourth-order valence-corrected chi connectivity index (χ4v) is 2.90. The molecular formula is C22H27BrN2O4. The van der Waals surface area contributed by atoms with Gasteiger partial charge in [0.1, 0.15) is 11.5 Å². The minimum Gasteiger partial charge on any atom is -0.484 e. The standard InChI is InChI=1S/C22H27BrN2O4/c1-5-15-6-9-17(10-7-15)28-13-20(26)24-25-21(27)14-29-19-11-8-16(23)12-18(19)22(2,3)4/h6-12H,5,13-14H2,1-4H3,(H,24,26)(H,25,27). The molecule has 0 radical (unpaired) electrons. The Bertz CT molecular complexity index is 845. The van der Waals surface area contributed by atoms with Crippen LogP contribution in [0.25, 0.3) is 0 Å². The third-order valence-corrected chi connectivity index (χ3v) is 4.64. The van der Waals surface area contributed by atoms with Crippen molar-refractivity contribution in [2.75, 3.05) is 13.2 Å². The van der Waals surface area contributed by atoms with Gasteiger partial charge in [-0.05, 0) is 47.7 Å². The minimum atomic E-state index is -0.464. The Morgan fingerprint density at radius 3 is 2.07 bits per heavy atom. The van der Waals surface area contributed by atoms with Crippen LogP contribution in [0.4, 0.5) is 0 Å². The monoisotopic (exact) mass is 462 g/mol. The van der Waals surface area contributed by atoms with Crippen molar-refractivity contribution in [3.63, 3.8) is 0 Å². The van der Waals surface area contributed by atoms with Crippen molar-refractivity contribution in [1.82, 2.24) is 10.9 Å². The molecule has 2 amide bonds. The van der Waals surface area contributed by atoms with E-state index in [9.17, 15) is 9.59 Å². The smallest absolute Gasteiger partial charge is 0.276 e. The van der Waals surface area contributed by atoms with Gasteiger partial charge in [0.25, 0.3) is 11.8 Å². The SMILES string of the molecule is CCc1ccc(OCC(=O)NNC(=O)COc2ccc(Br)cc2C(C)(C)C)cc1. The van der Waals surface area contributed by atoms with E-state index >= 15 is 0 Å². The van der Waals surface area contributed by atoms with Crippen LogP contribution in [0.2, 0.25) is 0 Å². The second-order valence-electron chi connectivity index (χ2n) is 7.56. The van der Waals surface area contributed by atoms with Gasteiger partial charge >= 0.3 is 0 Å². The molecule has 0 aliphatic heterocycles. The number of ether oxygens (including phenoxy) is 2. The molecule has 2 aromatic rings. The number of amides is 2. The van der Waals surface area contributed by atoms with E-state index in [-0.39, 0.29) is 18.6 Å². The summed E-state index contributed by atoms with van der Waals surface area (Å²) in [4.78, 5) is 23.8. The van der Waals surface area contributed by atoms with Gasteiger partial charge in [0, 0.05) is 10.0 Å². The summed E-state index contributed by atoms with van der Waals surface area (Å²) in [7, 11) is 0. The molecular weight excluding hydrogens is 436 g/mol. The van der Waals surface area contributed by atoms with Crippen LogP contribution in [0, 0.1) is 0 Å². The maximum atomic E-state index is 12.0. The van der Waals surface area contributed by atoms with E-state index in [2.05, 4.69) is 54.5 Å². The number of carbonyl (C=O) groups excluding carboxylic acids is 2. The molecule has 0 bridgehead atoms. The number of nitrogens with one attached hydrogen (secondary N) is 2. The highest BCUT2D eigenvalue weighted by atomic mass is 79.9. The predicted molar refractivity (Wildman–Crippen MR) is 116 cm³/mol. The Hall–Kier alpha value is -2.54. The zero-order valence-corrected chi connectivity index (χ0v) is 18.8. The third-order valence-electron chi connectivity index (χ3n) is 4.15. The van der Waals surface area contributed by atoms with Gasteiger partial charge in [0.15, 0.2) is 13.2 Å². The minimum absolute atomic E-state index is 0.142. The lowest BCUT2D eigenvalue weighted by atomic mass is 9.86. The average Bonchev–Trinajstić information content (AvgIpc) is 2.69. The molecule has 0 aromatic heterocycles. The molecule has 29 heavy (non-hydrogen) atoms. The van der Waals surface area contributed by atoms with Crippen molar-refractivity contribution < 1.29 is 19.1 Å². The van der Waals surface area contributed by atoms with Crippen molar-refractivity contribution in [2.45, 2.75) is 39.5 Å². The second-order valence-corrected chi connectivity index (χ2v) is 8.48. The number of rotatable bonds is 7. The van der Waals surface area contributed by atoms with E-state index in [1.54, 1.807) is 0 Å². The zero-order valence-electron chi connectivity index (χ0n) is 17.2. The largest absolute Gasteiger partial charge is 0.484 e. The highest BCUT2D eigenvalue weighted by Gasteiger charge is 2.20. The number of hydrazine groups is 1. The highest BCUT2D eigenvalue weighted by molar-refractivity contribution is 9.10. The molecule has 0 atom stereocenters. The maximum Gasteiger partial charge on any atom is 0.276 e. The molecule has 0 saturated carbocycles. The first-order chi connectivity index (χ1) is 13.7. The molecule has 2 aromatic carbocycles. The predicted octanol–water partition coefficient (Wildman–Crippen LogP) is 3.91. The van der Waals surface area contributed by atoms with E-state index in [0.29, 0.717) is 11.5 Å².